The molecule has 5 nitrogen and oxygen atoms in total. The van der Waals surface area contributed by atoms with Crippen molar-refractivity contribution in [2.75, 3.05) is 12.4 Å². The molecule has 1 heterocycles. The molecule has 0 radical (unpaired) electrons. The third kappa shape index (κ3) is 4.55. The lowest BCUT2D eigenvalue weighted by Gasteiger charge is -2.06. The number of aromatic nitrogens is 1. The lowest BCUT2D eigenvalue weighted by atomic mass is 10.3. The zero-order chi connectivity index (χ0) is 17.6. The van der Waals surface area contributed by atoms with Crippen LogP contribution in [0.3, 0.4) is 0 Å². The standard InChI is InChI=1S/C18H16BrNO4S/c19-13-5-1-4-8-16(13)25-12-9-17(21)23-11-10-20-14-6-2-3-7-15(14)24-18(20)22/h1-8H,9-12H2. The highest BCUT2D eigenvalue weighted by atomic mass is 79.9. The first-order valence-electron chi connectivity index (χ1n) is 7.76. The van der Waals surface area contributed by atoms with Crippen LogP contribution in [-0.4, -0.2) is 22.9 Å². The minimum atomic E-state index is -0.443. The number of halogens is 1. The molecule has 0 aliphatic rings. The van der Waals surface area contributed by atoms with Gasteiger partial charge in [-0.25, -0.2) is 4.79 Å². The zero-order valence-electron chi connectivity index (χ0n) is 13.3. The molecule has 2 aromatic carbocycles. The molecule has 1 aromatic heterocycles. The first-order chi connectivity index (χ1) is 12.1. The lowest BCUT2D eigenvalue weighted by molar-refractivity contribution is -0.143. The Balaban J connectivity index is 1.46. The number of carbonyl (C=O) groups excluding carboxylic acids is 1. The topological polar surface area (TPSA) is 61.4 Å². The van der Waals surface area contributed by atoms with E-state index in [1.807, 2.05) is 30.3 Å². The number of rotatable bonds is 7. The van der Waals surface area contributed by atoms with E-state index in [0.29, 0.717) is 23.3 Å². The summed E-state index contributed by atoms with van der Waals surface area (Å²) in [4.78, 5) is 24.7. The fraction of sp³-hybridized carbons (Fsp3) is 0.222. The van der Waals surface area contributed by atoms with Crippen LogP contribution in [0.25, 0.3) is 11.1 Å². The second-order valence-electron chi connectivity index (χ2n) is 5.24. The Hall–Kier alpha value is -1.99. The number of hydrogen-bond donors (Lipinski definition) is 0. The van der Waals surface area contributed by atoms with Gasteiger partial charge in [0.05, 0.1) is 18.5 Å². The van der Waals surface area contributed by atoms with Gasteiger partial charge in [0.1, 0.15) is 6.61 Å². The second-order valence-corrected chi connectivity index (χ2v) is 7.23. The van der Waals surface area contributed by atoms with Crippen molar-refractivity contribution < 1.29 is 13.9 Å². The number of fused-ring (bicyclic) bond motifs is 1. The van der Waals surface area contributed by atoms with Gasteiger partial charge in [-0.3, -0.25) is 9.36 Å². The molecule has 0 saturated carbocycles. The van der Waals surface area contributed by atoms with Crippen LogP contribution >= 0.6 is 27.7 Å². The summed E-state index contributed by atoms with van der Waals surface area (Å²) in [5.74, 6) is -0.0853. The van der Waals surface area contributed by atoms with Gasteiger partial charge < -0.3 is 9.15 Å². The van der Waals surface area contributed by atoms with Gasteiger partial charge in [0.2, 0.25) is 0 Å². The highest BCUT2D eigenvalue weighted by Crippen LogP contribution is 2.27. The molecule has 0 aliphatic carbocycles. The van der Waals surface area contributed by atoms with Crippen LogP contribution in [0.1, 0.15) is 6.42 Å². The normalized spacial score (nSPS) is 10.9. The minimum absolute atomic E-state index is 0.141. The maximum atomic E-state index is 11.8. The highest BCUT2D eigenvalue weighted by molar-refractivity contribution is 9.10. The van der Waals surface area contributed by atoms with E-state index in [2.05, 4.69) is 15.9 Å². The average Bonchev–Trinajstić information content (AvgIpc) is 2.92. The highest BCUT2D eigenvalue weighted by Gasteiger charge is 2.10. The predicted octanol–water partition coefficient (Wildman–Crippen LogP) is 4.08. The number of ether oxygens (including phenoxy) is 1. The van der Waals surface area contributed by atoms with Crippen LogP contribution in [0.15, 0.2) is 67.1 Å². The first kappa shape index (κ1) is 17.8. The average molecular weight is 422 g/mol. The Kier molecular flexibility index (Phi) is 5.99. The molecule has 0 saturated heterocycles. The van der Waals surface area contributed by atoms with E-state index in [0.717, 1.165) is 9.37 Å². The summed E-state index contributed by atoms with van der Waals surface area (Å²) < 4.78 is 12.8. The summed E-state index contributed by atoms with van der Waals surface area (Å²) in [6, 6.07) is 15.0. The number of esters is 1. The van der Waals surface area contributed by atoms with Crippen LogP contribution in [0.5, 0.6) is 0 Å². The van der Waals surface area contributed by atoms with Crippen molar-refractivity contribution >= 4 is 44.8 Å². The van der Waals surface area contributed by atoms with Crippen molar-refractivity contribution in [1.82, 2.24) is 4.57 Å². The molecular formula is C18H16BrNO4S. The Morgan fingerprint density at radius 2 is 1.92 bits per heavy atom. The molecule has 0 amide bonds. The van der Waals surface area contributed by atoms with Gasteiger partial charge in [-0.15, -0.1) is 11.8 Å². The summed E-state index contributed by atoms with van der Waals surface area (Å²) in [6.07, 6.45) is 0.313. The second kappa shape index (κ2) is 8.40. The van der Waals surface area contributed by atoms with Crippen molar-refractivity contribution in [2.45, 2.75) is 17.9 Å². The summed E-state index contributed by atoms with van der Waals surface area (Å²) >= 11 is 5.07. The molecule has 0 atom stereocenters. The van der Waals surface area contributed by atoms with Crippen LogP contribution in [0.2, 0.25) is 0 Å². The quantitative estimate of drug-likeness (QED) is 0.424. The van der Waals surface area contributed by atoms with Crippen LogP contribution < -0.4 is 5.76 Å². The molecular weight excluding hydrogens is 406 g/mol. The van der Waals surface area contributed by atoms with Crippen LogP contribution in [-0.2, 0) is 16.1 Å². The molecule has 0 fully saturated rings. The van der Waals surface area contributed by atoms with Crippen LogP contribution in [0, 0.1) is 0 Å². The lowest BCUT2D eigenvalue weighted by Crippen LogP contribution is -2.19. The van der Waals surface area contributed by atoms with Crippen molar-refractivity contribution in [1.29, 1.82) is 0 Å². The molecule has 3 rings (SSSR count). The molecule has 0 aliphatic heterocycles. The molecule has 25 heavy (non-hydrogen) atoms. The molecule has 0 N–H and O–H groups in total. The monoisotopic (exact) mass is 421 g/mol. The fourth-order valence-corrected chi connectivity index (χ4v) is 3.85. The van der Waals surface area contributed by atoms with E-state index in [4.69, 9.17) is 9.15 Å². The van der Waals surface area contributed by atoms with Gasteiger partial charge in [-0.05, 0) is 40.2 Å². The van der Waals surface area contributed by atoms with E-state index in [-0.39, 0.29) is 19.1 Å². The summed E-state index contributed by atoms with van der Waals surface area (Å²) in [7, 11) is 0. The fourth-order valence-electron chi connectivity index (χ4n) is 2.35. The SMILES string of the molecule is O=C(CCSc1ccccc1Br)OCCn1c(=O)oc2ccccc21. The number of hydrogen-bond acceptors (Lipinski definition) is 5. The van der Waals surface area contributed by atoms with E-state index in [1.54, 1.807) is 30.0 Å². The third-order valence-corrected chi connectivity index (χ3v) is 5.58. The molecule has 0 bridgehead atoms. The van der Waals surface area contributed by atoms with Gasteiger partial charge in [0.15, 0.2) is 5.58 Å². The molecule has 3 aromatic rings. The van der Waals surface area contributed by atoms with Gasteiger partial charge in [0, 0.05) is 15.1 Å². The third-order valence-electron chi connectivity index (χ3n) is 3.55. The maximum Gasteiger partial charge on any atom is 0.420 e. The summed E-state index contributed by atoms with van der Waals surface area (Å²) in [5, 5.41) is 0. The van der Waals surface area contributed by atoms with Crippen LogP contribution in [0.4, 0.5) is 0 Å². The summed E-state index contributed by atoms with van der Waals surface area (Å²) in [5.41, 5.74) is 1.23. The molecule has 130 valence electrons. The summed E-state index contributed by atoms with van der Waals surface area (Å²) in [6.45, 7) is 0.418. The van der Waals surface area contributed by atoms with Gasteiger partial charge in [-0.1, -0.05) is 24.3 Å². The Bertz CT molecular complexity index is 934. The zero-order valence-corrected chi connectivity index (χ0v) is 15.7. The number of thioether (sulfide) groups is 1. The Morgan fingerprint density at radius 1 is 1.16 bits per heavy atom. The van der Waals surface area contributed by atoms with E-state index >= 15 is 0 Å². The van der Waals surface area contributed by atoms with Gasteiger partial charge in [0.25, 0.3) is 0 Å². The predicted molar refractivity (Wildman–Crippen MR) is 101 cm³/mol. The molecule has 0 unspecified atom stereocenters. The van der Waals surface area contributed by atoms with E-state index in [9.17, 15) is 9.59 Å². The molecule has 7 heteroatoms. The molecule has 0 spiro atoms. The first-order valence-corrected chi connectivity index (χ1v) is 9.54. The Morgan fingerprint density at radius 3 is 2.76 bits per heavy atom. The number of oxazole rings is 1. The number of para-hydroxylation sites is 2. The van der Waals surface area contributed by atoms with E-state index in [1.165, 1.54) is 4.57 Å². The maximum absolute atomic E-state index is 11.8. The minimum Gasteiger partial charge on any atom is -0.464 e. The number of nitrogens with zero attached hydrogens (tertiary/aromatic N) is 1. The van der Waals surface area contributed by atoms with Crippen molar-refractivity contribution in [3.63, 3.8) is 0 Å². The number of carbonyl (C=O) groups is 1. The Labute approximate surface area is 157 Å². The van der Waals surface area contributed by atoms with Gasteiger partial charge in [-0.2, -0.15) is 0 Å². The number of benzene rings is 2. The van der Waals surface area contributed by atoms with Crippen molar-refractivity contribution in [3.05, 3.63) is 63.6 Å². The smallest absolute Gasteiger partial charge is 0.420 e. The van der Waals surface area contributed by atoms with Crippen molar-refractivity contribution in [3.8, 4) is 0 Å². The van der Waals surface area contributed by atoms with E-state index < -0.39 is 5.76 Å². The van der Waals surface area contributed by atoms with Gasteiger partial charge >= 0.3 is 11.7 Å². The largest absolute Gasteiger partial charge is 0.464 e. The van der Waals surface area contributed by atoms with Crippen molar-refractivity contribution in [2.24, 2.45) is 0 Å².